The number of carbonyl (C=O) groups is 3. The molecule has 1 fully saturated rings. The zero-order chi connectivity index (χ0) is 12.3. The van der Waals surface area contributed by atoms with Crippen LogP contribution in [0.1, 0.15) is 20.3 Å². The number of urea groups is 1. The van der Waals surface area contributed by atoms with Gasteiger partial charge in [-0.1, -0.05) is 13.8 Å². The quantitative estimate of drug-likeness (QED) is 0.647. The zero-order valence-electron chi connectivity index (χ0n) is 9.74. The molecule has 1 saturated heterocycles. The molecule has 0 bridgehead atoms. The average molecular weight is 227 g/mol. The van der Waals surface area contributed by atoms with Gasteiger partial charge in [-0.2, -0.15) is 0 Å². The number of rotatable bonds is 4. The molecule has 90 valence electrons. The van der Waals surface area contributed by atoms with Gasteiger partial charge in [-0.05, 0) is 12.3 Å². The molecule has 16 heavy (non-hydrogen) atoms. The molecule has 0 aromatic heterocycles. The highest BCUT2D eigenvalue weighted by Gasteiger charge is 2.38. The van der Waals surface area contributed by atoms with Crippen molar-refractivity contribution in [3.63, 3.8) is 0 Å². The lowest BCUT2D eigenvalue weighted by Gasteiger charge is -2.12. The van der Waals surface area contributed by atoms with Crippen LogP contribution in [0.5, 0.6) is 0 Å². The molecule has 1 unspecified atom stereocenters. The van der Waals surface area contributed by atoms with Crippen LogP contribution in [0.4, 0.5) is 4.79 Å². The summed E-state index contributed by atoms with van der Waals surface area (Å²) in [5.41, 5.74) is 0. The van der Waals surface area contributed by atoms with E-state index in [-0.39, 0.29) is 18.4 Å². The molecule has 1 atom stereocenters. The largest absolute Gasteiger partial charge is 0.358 e. The Hall–Kier alpha value is -1.59. The first kappa shape index (κ1) is 12.5. The van der Waals surface area contributed by atoms with Gasteiger partial charge in [-0.25, -0.2) is 4.79 Å². The van der Waals surface area contributed by atoms with E-state index in [9.17, 15) is 14.4 Å². The van der Waals surface area contributed by atoms with Gasteiger partial charge in [0.05, 0.1) is 0 Å². The van der Waals surface area contributed by atoms with E-state index in [1.807, 2.05) is 13.8 Å². The van der Waals surface area contributed by atoms with E-state index in [1.54, 1.807) is 0 Å². The predicted molar refractivity (Wildman–Crippen MR) is 57.6 cm³/mol. The van der Waals surface area contributed by atoms with E-state index in [1.165, 1.54) is 7.05 Å². The van der Waals surface area contributed by atoms with Crippen LogP contribution in [-0.4, -0.2) is 42.4 Å². The standard InChI is InChI=1S/C10H17N3O3/c1-6(2)4-7-9(15)13(10(16)12-7)5-8(14)11-3/h6-7H,4-5H2,1-3H3,(H,11,14)(H,12,16). The normalized spacial score (nSPS) is 20.2. The van der Waals surface area contributed by atoms with Crippen LogP contribution in [0.2, 0.25) is 0 Å². The molecule has 1 rings (SSSR count). The van der Waals surface area contributed by atoms with Gasteiger partial charge >= 0.3 is 6.03 Å². The number of nitrogens with zero attached hydrogens (tertiary/aromatic N) is 1. The number of hydrogen-bond acceptors (Lipinski definition) is 3. The smallest absolute Gasteiger partial charge is 0.325 e. The van der Waals surface area contributed by atoms with Crippen molar-refractivity contribution in [1.29, 1.82) is 0 Å². The second kappa shape index (κ2) is 4.96. The Bertz CT molecular complexity index is 314. The number of nitrogens with one attached hydrogen (secondary N) is 2. The molecule has 0 aromatic rings. The first-order valence-electron chi connectivity index (χ1n) is 5.28. The van der Waals surface area contributed by atoms with Crippen molar-refractivity contribution in [2.45, 2.75) is 26.3 Å². The van der Waals surface area contributed by atoms with E-state index in [0.29, 0.717) is 12.3 Å². The lowest BCUT2D eigenvalue weighted by molar-refractivity contribution is -0.132. The van der Waals surface area contributed by atoms with Crippen LogP contribution < -0.4 is 10.6 Å². The lowest BCUT2D eigenvalue weighted by atomic mass is 10.0. The van der Waals surface area contributed by atoms with Crippen molar-refractivity contribution in [3.8, 4) is 0 Å². The monoisotopic (exact) mass is 227 g/mol. The molecule has 1 aliphatic heterocycles. The highest BCUT2D eigenvalue weighted by atomic mass is 16.2. The summed E-state index contributed by atoms with van der Waals surface area (Å²) in [7, 11) is 1.46. The summed E-state index contributed by atoms with van der Waals surface area (Å²) in [5.74, 6) is -0.356. The number of carbonyl (C=O) groups excluding carboxylic acids is 3. The molecule has 6 heteroatoms. The predicted octanol–water partition coefficient (Wildman–Crippen LogP) is -0.301. The topological polar surface area (TPSA) is 78.5 Å². The van der Waals surface area contributed by atoms with Gasteiger partial charge in [0, 0.05) is 7.05 Å². The first-order valence-corrected chi connectivity index (χ1v) is 5.28. The second-order valence-electron chi connectivity index (χ2n) is 4.23. The van der Waals surface area contributed by atoms with Crippen LogP contribution in [0.15, 0.2) is 0 Å². The average Bonchev–Trinajstić information content (AvgIpc) is 2.45. The Balaban J connectivity index is 2.64. The lowest BCUT2D eigenvalue weighted by Crippen LogP contribution is -2.40. The molecule has 0 radical (unpaired) electrons. The summed E-state index contributed by atoms with van der Waals surface area (Å²) in [6.07, 6.45) is 0.592. The molecule has 4 amide bonds. The van der Waals surface area contributed by atoms with Crippen molar-refractivity contribution in [2.24, 2.45) is 5.92 Å². The number of amides is 4. The first-order chi connectivity index (χ1) is 7.45. The van der Waals surface area contributed by atoms with Gasteiger partial charge in [-0.15, -0.1) is 0 Å². The molecule has 2 N–H and O–H groups in total. The minimum Gasteiger partial charge on any atom is -0.358 e. The molecule has 0 saturated carbocycles. The van der Waals surface area contributed by atoms with Crippen molar-refractivity contribution in [3.05, 3.63) is 0 Å². The molecule has 1 aliphatic rings. The van der Waals surface area contributed by atoms with Crippen LogP contribution in [0.3, 0.4) is 0 Å². The van der Waals surface area contributed by atoms with Crippen molar-refractivity contribution >= 4 is 17.8 Å². The van der Waals surface area contributed by atoms with Crippen molar-refractivity contribution in [2.75, 3.05) is 13.6 Å². The third-order valence-corrected chi connectivity index (χ3v) is 2.39. The van der Waals surface area contributed by atoms with E-state index in [0.717, 1.165) is 4.90 Å². The maximum atomic E-state index is 11.8. The fraction of sp³-hybridized carbons (Fsp3) is 0.700. The second-order valence-corrected chi connectivity index (χ2v) is 4.23. The van der Waals surface area contributed by atoms with E-state index in [4.69, 9.17) is 0 Å². The Morgan fingerprint density at radius 1 is 1.50 bits per heavy atom. The molecular formula is C10H17N3O3. The Morgan fingerprint density at radius 3 is 2.62 bits per heavy atom. The van der Waals surface area contributed by atoms with Crippen molar-refractivity contribution < 1.29 is 14.4 Å². The van der Waals surface area contributed by atoms with Crippen LogP contribution >= 0.6 is 0 Å². The summed E-state index contributed by atoms with van der Waals surface area (Å²) in [6.45, 7) is 3.73. The summed E-state index contributed by atoms with van der Waals surface area (Å²) in [4.78, 5) is 35.3. The molecule has 0 aromatic carbocycles. The highest BCUT2D eigenvalue weighted by Crippen LogP contribution is 2.13. The molecular weight excluding hydrogens is 210 g/mol. The van der Waals surface area contributed by atoms with Crippen LogP contribution in [0, 0.1) is 5.92 Å². The third-order valence-electron chi connectivity index (χ3n) is 2.39. The van der Waals surface area contributed by atoms with E-state index in [2.05, 4.69) is 10.6 Å². The Morgan fingerprint density at radius 2 is 2.12 bits per heavy atom. The zero-order valence-corrected chi connectivity index (χ0v) is 9.74. The summed E-state index contributed by atoms with van der Waals surface area (Å²) < 4.78 is 0. The van der Waals surface area contributed by atoms with Gasteiger partial charge in [0.2, 0.25) is 5.91 Å². The van der Waals surface area contributed by atoms with Gasteiger partial charge in [0.25, 0.3) is 5.91 Å². The Kier molecular flexibility index (Phi) is 3.87. The fourth-order valence-electron chi connectivity index (χ4n) is 1.58. The summed E-state index contributed by atoms with van der Waals surface area (Å²) in [6, 6.07) is -0.976. The minimum absolute atomic E-state index is 0.213. The van der Waals surface area contributed by atoms with E-state index >= 15 is 0 Å². The molecule has 1 heterocycles. The summed E-state index contributed by atoms with van der Waals surface area (Å²) in [5, 5.41) is 4.95. The SMILES string of the molecule is CNC(=O)CN1C(=O)NC(CC(C)C)C1=O. The maximum absolute atomic E-state index is 11.8. The molecule has 0 spiro atoms. The van der Waals surface area contributed by atoms with E-state index < -0.39 is 12.1 Å². The minimum atomic E-state index is -0.489. The van der Waals surface area contributed by atoms with Gasteiger partial charge in [0.1, 0.15) is 12.6 Å². The van der Waals surface area contributed by atoms with Crippen LogP contribution in [0.25, 0.3) is 0 Å². The summed E-state index contributed by atoms with van der Waals surface area (Å²) >= 11 is 0. The van der Waals surface area contributed by atoms with Crippen LogP contribution in [-0.2, 0) is 9.59 Å². The number of imide groups is 1. The molecule has 0 aliphatic carbocycles. The van der Waals surface area contributed by atoms with Gasteiger partial charge in [0.15, 0.2) is 0 Å². The van der Waals surface area contributed by atoms with Gasteiger partial charge in [-0.3, -0.25) is 14.5 Å². The Labute approximate surface area is 94.4 Å². The fourth-order valence-corrected chi connectivity index (χ4v) is 1.58. The molecule has 6 nitrogen and oxygen atoms in total. The van der Waals surface area contributed by atoms with Crippen molar-refractivity contribution in [1.82, 2.24) is 15.5 Å². The van der Waals surface area contributed by atoms with Gasteiger partial charge < -0.3 is 10.6 Å². The number of likely N-dealkylation sites (N-methyl/N-ethyl adjacent to an activating group) is 1. The highest BCUT2D eigenvalue weighted by molar-refractivity contribution is 6.06. The third kappa shape index (κ3) is 2.71. The number of hydrogen-bond donors (Lipinski definition) is 2. The maximum Gasteiger partial charge on any atom is 0.325 e.